The molecule has 1 saturated heterocycles. The van der Waals surface area contributed by atoms with Crippen molar-refractivity contribution in [2.45, 2.75) is 25.8 Å². The van der Waals surface area contributed by atoms with Gasteiger partial charge in [0.2, 0.25) is 5.91 Å². The fraction of sp³-hybridized carbons (Fsp3) is 0.500. The predicted molar refractivity (Wildman–Crippen MR) is 56.4 cm³/mol. The first-order valence-corrected chi connectivity index (χ1v) is 5.06. The number of anilines is 1. The fourth-order valence-electron chi connectivity index (χ4n) is 1.63. The maximum absolute atomic E-state index is 11.0. The second-order valence-electron chi connectivity index (χ2n) is 3.67. The Hall–Kier alpha value is -1.65. The molecule has 1 aliphatic rings. The lowest BCUT2D eigenvalue weighted by molar-refractivity contribution is -0.119. The third kappa shape index (κ3) is 2.43. The number of nitrogens with zero attached hydrogens (tertiary/aromatic N) is 2. The number of carbonyl (C=O) groups excluding carboxylic acids is 1. The SMILES string of the molecule is Cc1nccnc1NC[C@H]1CCC(=O)N1. The molecule has 2 rings (SSSR count). The molecular formula is C10H14N4O. The van der Waals surface area contributed by atoms with Crippen LogP contribution in [0, 0.1) is 6.92 Å². The number of hydrogen-bond donors (Lipinski definition) is 2. The maximum Gasteiger partial charge on any atom is 0.220 e. The molecule has 1 atom stereocenters. The third-order valence-corrected chi connectivity index (χ3v) is 2.48. The number of aryl methyl sites for hydroxylation is 1. The lowest BCUT2D eigenvalue weighted by atomic mass is 10.2. The van der Waals surface area contributed by atoms with Gasteiger partial charge in [-0.3, -0.25) is 9.78 Å². The lowest BCUT2D eigenvalue weighted by Crippen LogP contribution is -2.32. The third-order valence-electron chi connectivity index (χ3n) is 2.48. The van der Waals surface area contributed by atoms with Gasteiger partial charge in [0.15, 0.2) is 0 Å². The highest BCUT2D eigenvalue weighted by atomic mass is 16.1. The van der Waals surface area contributed by atoms with Crippen LogP contribution in [0.15, 0.2) is 12.4 Å². The van der Waals surface area contributed by atoms with E-state index in [0.717, 1.165) is 17.9 Å². The monoisotopic (exact) mass is 206 g/mol. The summed E-state index contributed by atoms with van der Waals surface area (Å²) in [6.07, 6.45) is 4.84. The van der Waals surface area contributed by atoms with Gasteiger partial charge in [0, 0.05) is 31.4 Å². The van der Waals surface area contributed by atoms with E-state index in [9.17, 15) is 4.79 Å². The van der Waals surface area contributed by atoms with Crippen molar-refractivity contribution in [3.8, 4) is 0 Å². The maximum atomic E-state index is 11.0. The van der Waals surface area contributed by atoms with Crippen LogP contribution in [-0.2, 0) is 4.79 Å². The molecule has 2 heterocycles. The van der Waals surface area contributed by atoms with E-state index in [0.29, 0.717) is 13.0 Å². The molecule has 0 spiro atoms. The van der Waals surface area contributed by atoms with Gasteiger partial charge >= 0.3 is 0 Å². The number of aromatic nitrogens is 2. The Morgan fingerprint density at radius 2 is 2.33 bits per heavy atom. The van der Waals surface area contributed by atoms with Gasteiger partial charge in [-0.05, 0) is 13.3 Å². The molecule has 5 heteroatoms. The normalized spacial score (nSPS) is 20.1. The summed E-state index contributed by atoms with van der Waals surface area (Å²) in [5.41, 5.74) is 0.877. The van der Waals surface area contributed by atoms with Crippen LogP contribution in [0.5, 0.6) is 0 Å². The minimum atomic E-state index is 0.137. The highest BCUT2D eigenvalue weighted by Crippen LogP contribution is 2.09. The van der Waals surface area contributed by atoms with Crippen molar-refractivity contribution in [2.24, 2.45) is 0 Å². The average Bonchev–Trinajstić information content (AvgIpc) is 2.63. The smallest absolute Gasteiger partial charge is 0.220 e. The van der Waals surface area contributed by atoms with Gasteiger partial charge in [0.05, 0.1) is 5.69 Å². The Bertz CT molecular complexity index is 366. The number of amides is 1. The van der Waals surface area contributed by atoms with Crippen LogP contribution < -0.4 is 10.6 Å². The summed E-state index contributed by atoms with van der Waals surface area (Å²) in [5.74, 6) is 0.927. The van der Waals surface area contributed by atoms with E-state index in [1.54, 1.807) is 12.4 Å². The van der Waals surface area contributed by atoms with E-state index in [-0.39, 0.29) is 11.9 Å². The first kappa shape index (κ1) is 9.89. The van der Waals surface area contributed by atoms with Gasteiger partial charge < -0.3 is 10.6 Å². The van der Waals surface area contributed by atoms with Crippen LogP contribution >= 0.6 is 0 Å². The highest BCUT2D eigenvalue weighted by Gasteiger charge is 2.20. The van der Waals surface area contributed by atoms with Crippen LogP contribution in [0.2, 0.25) is 0 Å². The Labute approximate surface area is 88.3 Å². The molecule has 1 aromatic rings. The predicted octanol–water partition coefficient (Wildman–Crippen LogP) is 0.476. The second-order valence-corrected chi connectivity index (χ2v) is 3.67. The molecule has 1 amide bonds. The number of carbonyl (C=O) groups is 1. The molecule has 0 aliphatic carbocycles. The first-order chi connectivity index (χ1) is 7.25. The molecule has 15 heavy (non-hydrogen) atoms. The van der Waals surface area contributed by atoms with Gasteiger partial charge in [-0.25, -0.2) is 4.98 Å². The summed E-state index contributed by atoms with van der Waals surface area (Å²) in [7, 11) is 0. The molecule has 0 unspecified atom stereocenters. The summed E-state index contributed by atoms with van der Waals surface area (Å²) in [6, 6.07) is 0.221. The Kier molecular flexibility index (Phi) is 2.80. The van der Waals surface area contributed by atoms with E-state index in [2.05, 4.69) is 20.6 Å². The largest absolute Gasteiger partial charge is 0.367 e. The standard InChI is InChI=1S/C10H14N4O/c1-7-10(12-5-4-11-7)13-6-8-2-3-9(15)14-8/h4-5,8H,2-3,6H2,1H3,(H,12,13)(H,14,15)/t8-/m1/s1. The van der Waals surface area contributed by atoms with E-state index in [1.165, 1.54) is 0 Å². The Morgan fingerprint density at radius 3 is 3.00 bits per heavy atom. The van der Waals surface area contributed by atoms with Crippen LogP contribution in [0.3, 0.4) is 0 Å². The molecule has 2 N–H and O–H groups in total. The summed E-state index contributed by atoms with van der Waals surface area (Å²) >= 11 is 0. The van der Waals surface area contributed by atoms with Crippen molar-refractivity contribution >= 4 is 11.7 Å². The lowest BCUT2D eigenvalue weighted by Gasteiger charge is -2.12. The van der Waals surface area contributed by atoms with Crippen molar-refractivity contribution in [2.75, 3.05) is 11.9 Å². The number of rotatable bonds is 3. The Morgan fingerprint density at radius 1 is 1.53 bits per heavy atom. The van der Waals surface area contributed by atoms with Crippen molar-refractivity contribution in [3.05, 3.63) is 18.1 Å². The molecule has 1 aromatic heterocycles. The molecular weight excluding hydrogens is 192 g/mol. The zero-order valence-corrected chi connectivity index (χ0v) is 8.66. The van der Waals surface area contributed by atoms with Gasteiger partial charge in [-0.2, -0.15) is 0 Å². The van der Waals surface area contributed by atoms with Crippen molar-refractivity contribution in [1.29, 1.82) is 0 Å². The molecule has 0 radical (unpaired) electrons. The van der Waals surface area contributed by atoms with Crippen molar-refractivity contribution in [1.82, 2.24) is 15.3 Å². The van der Waals surface area contributed by atoms with Gasteiger partial charge in [-0.1, -0.05) is 0 Å². The quantitative estimate of drug-likeness (QED) is 0.754. The molecule has 0 saturated carbocycles. The number of hydrogen-bond acceptors (Lipinski definition) is 4. The zero-order chi connectivity index (χ0) is 10.7. The molecule has 1 fully saturated rings. The van der Waals surface area contributed by atoms with Crippen LogP contribution in [0.1, 0.15) is 18.5 Å². The second kappa shape index (κ2) is 4.25. The van der Waals surface area contributed by atoms with Gasteiger partial charge in [0.1, 0.15) is 5.82 Å². The fourth-order valence-corrected chi connectivity index (χ4v) is 1.63. The molecule has 80 valence electrons. The molecule has 1 aliphatic heterocycles. The number of nitrogens with one attached hydrogen (secondary N) is 2. The van der Waals surface area contributed by atoms with E-state index in [1.807, 2.05) is 6.92 Å². The van der Waals surface area contributed by atoms with E-state index in [4.69, 9.17) is 0 Å². The first-order valence-electron chi connectivity index (χ1n) is 5.06. The van der Waals surface area contributed by atoms with Gasteiger partial charge in [0.25, 0.3) is 0 Å². The summed E-state index contributed by atoms with van der Waals surface area (Å²) in [5, 5.41) is 6.08. The summed E-state index contributed by atoms with van der Waals surface area (Å²) in [4.78, 5) is 19.3. The zero-order valence-electron chi connectivity index (χ0n) is 8.66. The summed E-state index contributed by atoms with van der Waals surface area (Å²) < 4.78 is 0. The van der Waals surface area contributed by atoms with E-state index < -0.39 is 0 Å². The minimum absolute atomic E-state index is 0.137. The molecule has 0 bridgehead atoms. The van der Waals surface area contributed by atoms with E-state index >= 15 is 0 Å². The molecule has 5 nitrogen and oxygen atoms in total. The Balaban J connectivity index is 1.88. The van der Waals surface area contributed by atoms with Gasteiger partial charge in [-0.15, -0.1) is 0 Å². The topological polar surface area (TPSA) is 66.9 Å². The van der Waals surface area contributed by atoms with Crippen LogP contribution in [-0.4, -0.2) is 28.5 Å². The minimum Gasteiger partial charge on any atom is -0.367 e. The van der Waals surface area contributed by atoms with Crippen molar-refractivity contribution in [3.63, 3.8) is 0 Å². The molecule has 0 aromatic carbocycles. The van der Waals surface area contributed by atoms with Crippen LogP contribution in [0.25, 0.3) is 0 Å². The summed E-state index contributed by atoms with van der Waals surface area (Å²) in [6.45, 7) is 2.62. The highest BCUT2D eigenvalue weighted by molar-refractivity contribution is 5.78. The van der Waals surface area contributed by atoms with Crippen molar-refractivity contribution < 1.29 is 4.79 Å². The average molecular weight is 206 g/mol. The van der Waals surface area contributed by atoms with Crippen LogP contribution in [0.4, 0.5) is 5.82 Å².